The van der Waals surface area contributed by atoms with Gasteiger partial charge in [-0.05, 0) is 42.9 Å². The van der Waals surface area contributed by atoms with Crippen LogP contribution in [-0.2, 0) is 16.4 Å². The van der Waals surface area contributed by atoms with Gasteiger partial charge in [-0.1, -0.05) is 38.3 Å². The summed E-state index contributed by atoms with van der Waals surface area (Å²) in [6, 6.07) is 6.95. The van der Waals surface area contributed by atoms with Gasteiger partial charge in [-0.2, -0.15) is 0 Å². The number of hydrogen-bond donors (Lipinski definition) is 2. The fourth-order valence-corrected chi connectivity index (χ4v) is 4.31. The lowest BCUT2D eigenvalue weighted by Gasteiger charge is -2.30. The van der Waals surface area contributed by atoms with Crippen molar-refractivity contribution in [2.75, 3.05) is 6.61 Å². The molecule has 0 bridgehead atoms. The Bertz CT molecular complexity index is 539. The van der Waals surface area contributed by atoms with Crippen molar-refractivity contribution in [2.24, 2.45) is 5.92 Å². The lowest BCUT2D eigenvalue weighted by atomic mass is 9.86. The molecule has 1 aromatic carbocycles. The molecule has 118 valence electrons. The summed E-state index contributed by atoms with van der Waals surface area (Å²) in [6.07, 6.45) is 5.78. The quantitative estimate of drug-likeness (QED) is 0.848. The Kier molecular flexibility index (Phi) is 5.79. The summed E-state index contributed by atoms with van der Waals surface area (Å²) in [6.45, 7) is 2.15. The molecule has 0 spiro atoms. The zero-order chi connectivity index (χ0) is 15.3. The van der Waals surface area contributed by atoms with Crippen molar-refractivity contribution in [2.45, 2.75) is 56.4 Å². The predicted molar refractivity (Wildman–Crippen MR) is 83.6 cm³/mol. The lowest BCUT2D eigenvalue weighted by molar-refractivity contribution is 0.164. The Labute approximate surface area is 127 Å². The molecule has 21 heavy (non-hydrogen) atoms. The normalized spacial score (nSPS) is 23.1. The number of aliphatic hydroxyl groups is 1. The van der Waals surface area contributed by atoms with Gasteiger partial charge in [0, 0.05) is 12.6 Å². The van der Waals surface area contributed by atoms with Crippen LogP contribution in [0.1, 0.15) is 44.6 Å². The first kappa shape index (κ1) is 16.5. The summed E-state index contributed by atoms with van der Waals surface area (Å²) in [5.74, 6) is 0.0351. The summed E-state index contributed by atoms with van der Waals surface area (Å²) in [5, 5.41) is 9.39. The lowest BCUT2D eigenvalue weighted by Crippen LogP contribution is -2.43. The van der Waals surface area contributed by atoms with Gasteiger partial charge in [0.25, 0.3) is 0 Å². The summed E-state index contributed by atoms with van der Waals surface area (Å²) >= 11 is 0. The first-order chi connectivity index (χ1) is 10.1. The third kappa shape index (κ3) is 4.28. The molecule has 2 atom stereocenters. The number of rotatable bonds is 6. The van der Waals surface area contributed by atoms with Crippen LogP contribution in [0.2, 0.25) is 0 Å². The molecule has 1 aliphatic rings. The van der Waals surface area contributed by atoms with E-state index >= 15 is 0 Å². The fraction of sp³-hybridized carbons (Fsp3) is 0.625. The molecular weight excluding hydrogens is 286 g/mol. The van der Waals surface area contributed by atoms with Gasteiger partial charge >= 0.3 is 0 Å². The smallest absolute Gasteiger partial charge is 0.240 e. The van der Waals surface area contributed by atoms with Crippen molar-refractivity contribution in [3.8, 4) is 0 Å². The van der Waals surface area contributed by atoms with Crippen molar-refractivity contribution in [1.29, 1.82) is 0 Å². The van der Waals surface area contributed by atoms with Gasteiger partial charge in [-0.15, -0.1) is 0 Å². The molecule has 1 fully saturated rings. The summed E-state index contributed by atoms with van der Waals surface area (Å²) in [5.41, 5.74) is 1.15. The zero-order valence-corrected chi connectivity index (χ0v) is 13.4. The molecule has 1 aliphatic carbocycles. The second-order valence-electron chi connectivity index (χ2n) is 5.85. The second-order valence-corrected chi connectivity index (χ2v) is 7.56. The fourth-order valence-electron chi connectivity index (χ4n) is 2.97. The van der Waals surface area contributed by atoms with Gasteiger partial charge in [0.2, 0.25) is 10.0 Å². The number of nitrogens with one attached hydrogen (secondary N) is 1. The van der Waals surface area contributed by atoms with Crippen LogP contribution in [0.4, 0.5) is 0 Å². The van der Waals surface area contributed by atoms with Gasteiger partial charge in [0.05, 0.1) is 4.90 Å². The monoisotopic (exact) mass is 311 g/mol. The van der Waals surface area contributed by atoms with Crippen molar-refractivity contribution in [3.63, 3.8) is 0 Å². The van der Waals surface area contributed by atoms with Crippen LogP contribution < -0.4 is 4.72 Å². The van der Waals surface area contributed by atoms with Crippen LogP contribution in [0.25, 0.3) is 0 Å². The molecule has 0 radical (unpaired) electrons. The maximum Gasteiger partial charge on any atom is 0.240 e. The minimum absolute atomic E-state index is 0.0351. The van der Waals surface area contributed by atoms with Gasteiger partial charge in [0.1, 0.15) is 0 Å². The van der Waals surface area contributed by atoms with Gasteiger partial charge in [0.15, 0.2) is 0 Å². The standard InChI is InChI=1S/C16H25NO3S/c1-2-5-13-8-10-15(11-9-13)21(19,20)17-16-7-4-3-6-14(16)12-18/h8-11,14,16-18H,2-7,12H2,1H3. The Hall–Kier alpha value is -0.910. The third-order valence-electron chi connectivity index (χ3n) is 4.22. The minimum atomic E-state index is -3.50. The molecule has 2 N–H and O–H groups in total. The molecule has 2 rings (SSSR count). The maximum atomic E-state index is 12.4. The van der Waals surface area contributed by atoms with E-state index in [0.717, 1.165) is 44.1 Å². The third-order valence-corrected chi connectivity index (χ3v) is 5.73. The van der Waals surface area contributed by atoms with Crippen LogP contribution in [0.15, 0.2) is 29.2 Å². The average molecular weight is 311 g/mol. The first-order valence-electron chi connectivity index (χ1n) is 7.79. The Balaban J connectivity index is 2.10. The molecule has 2 unspecified atom stereocenters. The highest BCUT2D eigenvalue weighted by Gasteiger charge is 2.28. The number of benzene rings is 1. The molecule has 0 aromatic heterocycles. The summed E-state index contributed by atoms with van der Waals surface area (Å²) in [4.78, 5) is 0.310. The number of sulfonamides is 1. The number of hydrogen-bond acceptors (Lipinski definition) is 3. The van der Waals surface area contributed by atoms with Crippen molar-refractivity contribution in [1.82, 2.24) is 4.72 Å². The highest BCUT2D eigenvalue weighted by atomic mass is 32.2. The molecular formula is C16H25NO3S. The predicted octanol–water partition coefficient (Wildman–Crippen LogP) is 2.47. The van der Waals surface area contributed by atoms with Gasteiger partial charge in [-0.3, -0.25) is 0 Å². The van der Waals surface area contributed by atoms with Gasteiger partial charge in [-0.25, -0.2) is 13.1 Å². The van der Waals surface area contributed by atoms with Crippen molar-refractivity contribution >= 4 is 10.0 Å². The van der Waals surface area contributed by atoms with E-state index in [1.165, 1.54) is 0 Å². The Morgan fingerprint density at radius 3 is 2.48 bits per heavy atom. The van der Waals surface area contributed by atoms with Gasteiger partial charge < -0.3 is 5.11 Å². The van der Waals surface area contributed by atoms with E-state index < -0.39 is 10.0 Å². The molecule has 1 saturated carbocycles. The van der Waals surface area contributed by atoms with E-state index in [2.05, 4.69) is 11.6 Å². The highest BCUT2D eigenvalue weighted by Crippen LogP contribution is 2.25. The van der Waals surface area contributed by atoms with Crippen LogP contribution >= 0.6 is 0 Å². The van der Waals surface area contributed by atoms with E-state index in [9.17, 15) is 13.5 Å². The van der Waals surface area contributed by atoms with E-state index in [1.54, 1.807) is 12.1 Å². The molecule has 0 heterocycles. The number of aryl methyl sites for hydroxylation is 1. The molecule has 0 aliphatic heterocycles. The van der Waals surface area contributed by atoms with Crippen LogP contribution in [0.5, 0.6) is 0 Å². The second kappa shape index (κ2) is 7.38. The van der Waals surface area contributed by atoms with E-state index in [-0.39, 0.29) is 18.6 Å². The topological polar surface area (TPSA) is 66.4 Å². The molecule has 1 aromatic rings. The first-order valence-corrected chi connectivity index (χ1v) is 9.27. The molecule has 0 amide bonds. The van der Waals surface area contributed by atoms with E-state index in [4.69, 9.17) is 0 Å². The van der Waals surface area contributed by atoms with E-state index in [0.29, 0.717) is 4.90 Å². The van der Waals surface area contributed by atoms with Crippen LogP contribution in [-0.4, -0.2) is 26.2 Å². The Morgan fingerprint density at radius 2 is 1.86 bits per heavy atom. The average Bonchev–Trinajstić information content (AvgIpc) is 2.48. The molecule has 5 heteroatoms. The maximum absolute atomic E-state index is 12.4. The number of aliphatic hydroxyl groups excluding tert-OH is 1. The van der Waals surface area contributed by atoms with Crippen LogP contribution in [0, 0.1) is 5.92 Å². The minimum Gasteiger partial charge on any atom is -0.396 e. The zero-order valence-electron chi connectivity index (χ0n) is 12.6. The van der Waals surface area contributed by atoms with Crippen LogP contribution in [0.3, 0.4) is 0 Å². The SMILES string of the molecule is CCCc1ccc(S(=O)(=O)NC2CCCCC2CO)cc1. The van der Waals surface area contributed by atoms with Crippen molar-refractivity contribution in [3.05, 3.63) is 29.8 Å². The van der Waals surface area contributed by atoms with E-state index in [1.807, 2.05) is 12.1 Å². The summed E-state index contributed by atoms with van der Waals surface area (Å²) in [7, 11) is -3.50. The Morgan fingerprint density at radius 1 is 1.19 bits per heavy atom. The summed E-state index contributed by atoms with van der Waals surface area (Å²) < 4.78 is 27.7. The molecule has 0 saturated heterocycles. The molecule has 4 nitrogen and oxygen atoms in total. The highest BCUT2D eigenvalue weighted by molar-refractivity contribution is 7.89. The largest absolute Gasteiger partial charge is 0.396 e. The van der Waals surface area contributed by atoms with Crippen molar-refractivity contribution < 1.29 is 13.5 Å².